The molecule has 0 aliphatic carbocycles. The van der Waals surface area contributed by atoms with Crippen molar-refractivity contribution in [3.05, 3.63) is 59.4 Å². The highest BCUT2D eigenvalue weighted by Gasteiger charge is 2.16. The van der Waals surface area contributed by atoms with Crippen molar-refractivity contribution in [3.8, 4) is 5.75 Å². The number of halogens is 2. The van der Waals surface area contributed by atoms with Gasteiger partial charge in [0.15, 0.2) is 11.6 Å². The molecule has 0 saturated heterocycles. The van der Waals surface area contributed by atoms with E-state index in [0.29, 0.717) is 12.1 Å². The Bertz CT molecular complexity index is 590. The summed E-state index contributed by atoms with van der Waals surface area (Å²) in [5, 5.41) is 3.00. The van der Waals surface area contributed by atoms with Crippen molar-refractivity contribution in [1.29, 1.82) is 0 Å². The Hall–Kier alpha value is -2.01. The lowest BCUT2D eigenvalue weighted by atomic mass is 10.0. The van der Waals surface area contributed by atoms with Gasteiger partial charge in [-0.15, -0.1) is 0 Å². The number of aromatic nitrogens is 1. The SMILES string of the molecule is CNC(Cc1ccc(OC)c(F)c1)c1ncccc1F. The summed E-state index contributed by atoms with van der Waals surface area (Å²) in [5.74, 6) is -0.610. The first-order valence-electron chi connectivity index (χ1n) is 6.25. The average Bonchev–Trinajstić information content (AvgIpc) is 2.46. The summed E-state index contributed by atoms with van der Waals surface area (Å²) in [6, 6.07) is 7.30. The third-order valence-corrected chi connectivity index (χ3v) is 3.12. The molecule has 0 fully saturated rings. The van der Waals surface area contributed by atoms with Gasteiger partial charge in [0.2, 0.25) is 0 Å². The molecular formula is C15H16F2N2O. The molecule has 0 aliphatic heterocycles. The highest BCUT2D eigenvalue weighted by atomic mass is 19.1. The molecule has 0 amide bonds. The first kappa shape index (κ1) is 14.4. The van der Waals surface area contributed by atoms with Crippen molar-refractivity contribution in [2.45, 2.75) is 12.5 Å². The number of hydrogen-bond acceptors (Lipinski definition) is 3. The molecule has 20 heavy (non-hydrogen) atoms. The molecule has 2 rings (SSSR count). The zero-order valence-electron chi connectivity index (χ0n) is 11.4. The number of nitrogens with zero attached hydrogens (tertiary/aromatic N) is 1. The molecule has 1 aromatic heterocycles. The lowest BCUT2D eigenvalue weighted by Crippen LogP contribution is -2.21. The summed E-state index contributed by atoms with van der Waals surface area (Å²) in [6.45, 7) is 0. The van der Waals surface area contributed by atoms with Gasteiger partial charge in [0.1, 0.15) is 5.82 Å². The highest BCUT2D eigenvalue weighted by Crippen LogP contribution is 2.23. The second kappa shape index (κ2) is 6.43. The minimum absolute atomic E-state index is 0.193. The van der Waals surface area contributed by atoms with Crippen LogP contribution in [-0.4, -0.2) is 19.1 Å². The Balaban J connectivity index is 2.23. The molecule has 1 unspecified atom stereocenters. The van der Waals surface area contributed by atoms with Crippen molar-refractivity contribution in [2.24, 2.45) is 0 Å². The van der Waals surface area contributed by atoms with E-state index in [-0.39, 0.29) is 17.6 Å². The number of rotatable bonds is 5. The van der Waals surface area contributed by atoms with Crippen LogP contribution in [0, 0.1) is 11.6 Å². The highest BCUT2D eigenvalue weighted by molar-refractivity contribution is 5.30. The predicted octanol–water partition coefficient (Wildman–Crippen LogP) is 2.87. The Kier molecular flexibility index (Phi) is 4.63. The molecule has 1 atom stereocenters. The van der Waals surface area contributed by atoms with Crippen LogP contribution in [0.4, 0.5) is 8.78 Å². The van der Waals surface area contributed by atoms with Gasteiger partial charge in [0.05, 0.1) is 18.8 Å². The molecule has 0 radical (unpaired) electrons. The van der Waals surface area contributed by atoms with E-state index in [1.807, 2.05) is 0 Å². The van der Waals surface area contributed by atoms with Crippen LogP contribution in [0.2, 0.25) is 0 Å². The summed E-state index contributed by atoms with van der Waals surface area (Å²) >= 11 is 0. The fourth-order valence-electron chi connectivity index (χ4n) is 2.06. The van der Waals surface area contributed by atoms with Crippen molar-refractivity contribution >= 4 is 0 Å². The Morgan fingerprint density at radius 3 is 2.65 bits per heavy atom. The van der Waals surface area contributed by atoms with Gasteiger partial charge in [-0.05, 0) is 43.3 Å². The van der Waals surface area contributed by atoms with Gasteiger partial charge < -0.3 is 10.1 Å². The minimum Gasteiger partial charge on any atom is -0.494 e. The van der Waals surface area contributed by atoms with Crippen LogP contribution in [-0.2, 0) is 6.42 Å². The quantitative estimate of drug-likeness (QED) is 0.913. The zero-order valence-corrected chi connectivity index (χ0v) is 11.4. The Labute approximate surface area is 116 Å². The minimum atomic E-state index is -0.429. The Morgan fingerprint density at radius 1 is 1.25 bits per heavy atom. The van der Waals surface area contributed by atoms with Crippen LogP contribution < -0.4 is 10.1 Å². The van der Waals surface area contributed by atoms with Crippen molar-refractivity contribution < 1.29 is 13.5 Å². The second-order valence-corrected chi connectivity index (χ2v) is 4.38. The van der Waals surface area contributed by atoms with E-state index >= 15 is 0 Å². The number of methoxy groups -OCH3 is 1. The number of likely N-dealkylation sites (N-methyl/N-ethyl adjacent to an activating group) is 1. The van der Waals surface area contributed by atoms with Crippen molar-refractivity contribution in [2.75, 3.05) is 14.2 Å². The van der Waals surface area contributed by atoms with E-state index in [9.17, 15) is 8.78 Å². The second-order valence-electron chi connectivity index (χ2n) is 4.38. The van der Waals surface area contributed by atoms with E-state index in [0.717, 1.165) is 5.56 Å². The van der Waals surface area contributed by atoms with Gasteiger partial charge in [-0.2, -0.15) is 0 Å². The fraction of sp³-hybridized carbons (Fsp3) is 0.267. The monoisotopic (exact) mass is 278 g/mol. The van der Waals surface area contributed by atoms with Crippen LogP contribution in [0.5, 0.6) is 5.75 Å². The maximum Gasteiger partial charge on any atom is 0.165 e. The first-order chi connectivity index (χ1) is 9.65. The molecule has 3 nitrogen and oxygen atoms in total. The van der Waals surface area contributed by atoms with Crippen LogP contribution in [0.15, 0.2) is 36.5 Å². The van der Waals surface area contributed by atoms with Gasteiger partial charge >= 0.3 is 0 Å². The average molecular weight is 278 g/mol. The van der Waals surface area contributed by atoms with Crippen molar-refractivity contribution in [3.63, 3.8) is 0 Å². The van der Waals surface area contributed by atoms with Gasteiger partial charge in [-0.1, -0.05) is 6.07 Å². The van der Waals surface area contributed by atoms with Crippen LogP contribution in [0.1, 0.15) is 17.3 Å². The molecular weight excluding hydrogens is 262 g/mol. The van der Waals surface area contributed by atoms with E-state index in [2.05, 4.69) is 10.3 Å². The molecule has 0 spiro atoms. The topological polar surface area (TPSA) is 34.1 Å². The summed E-state index contributed by atoms with van der Waals surface area (Å²) in [6.07, 6.45) is 1.97. The molecule has 0 saturated carbocycles. The third-order valence-electron chi connectivity index (χ3n) is 3.12. The van der Waals surface area contributed by atoms with Crippen LogP contribution in [0.25, 0.3) is 0 Å². The summed E-state index contributed by atoms with van der Waals surface area (Å²) in [7, 11) is 3.14. The number of pyridine rings is 1. The van der Waals surface area contributed by atoms with E-state index < -0.39 is 5.82 Å². The molecule has 5 heteroatoms. The fourth-order valence-corrected chi connectivity index (χ4v) is 2.06. The summed E-state index contributed by atoms with van der Waals surface area (Å²) in [4.78, 5) is 4.05. The molecule has 1 heterocycles. The van der Waals surface area contributed by atoms with Crippen LogP contribution in [0.3, 0.4) is 0 Å². The third kappa shape index (κ3) is 3.11. The largest absolute Gasteiger partial charge is 0.494 e. The van der Waals surface area contributed by atoms with Crippen molar-refractivity contribution in [1.82, 2.24) is 10.3 Å². The number of hydrogen-bond donors (Lipinski definition) is 1. The first-order valence-corrected chi connectivity index (χ1v) is 6.25. The van der Waals surface area contributed by atoms with E-state index in [4.69, 9.17) is 4.74 Å². The molecule has 1 aromatic carbocycles. The van der Waals surface area contributed by atoms with Gasteiger partial charge in [-0.25, -0.2) is 8.78 Å². The molecule has 0 aliphatic rings. The van der Waals surface area contributed by atoms with Gasteiger partial charge in [0.25, 0.3) is 0 Å². The summed E-state index contributed by atoms with van der Waals surface area (Å²) < 4.78 is 32.3. The Morgan fingerprint density at radius 2 is 2.05 bits per heavy atom. The number of benzene rings is 1. The molecule has 106 valence electrons. The van der Waals surface area contributed by atoms with Crippen LogP contribution >= 0.6 is 0 Å². The van der Waals surface area contributed by atoms with Gasteiger partial charge in [0, 0.05) is 6.20 Å². The van der Waals surface area contributed by atoms with E-state index in [1.165, 1.54) is 25.4 Å². The maximum atomic E-state index is 13.7. The standard InChI is InChI=1S/C15H16F2N2O/c1-18-13(15-11(16)4-3-7-19-15)9-10-5-6-14(20-2)12(17)8-10/h3-8,13,18H,9H2,1-2H3. The maximum absolute atomic E-state index is 13.7. The predicted molar refractivity (Wildman–Crippen MR) is 72.7 cm³/mol. The normalized spacial score (nSPS) is 12.2. The van der Waals surface area contributed by atoms with E-state index in [1.54, 1.807) is 25.2 Å². The number of ether oxygens (including phenoxy) is 1. The lowest BCUT2D eigenvalue weighted by Gasteiger charge is -2.16. The van der Waals surface area contributed by atoms with Gasteiger partial charge in [-0.3, -0.25) is 4.98 Å². The smallest absolute Gasteiger partial charge is 0.165 e. The number of nitrogens with one attached hydrogen (secondary N) is 1. The molecule has 2 aromatic rings. The zero-order chi connectivity index (χ0) is 14.5. The molecule has 1 N–H and O–H groups in total. The lowest BCUT2D eigenvalue weighted by molar-refractivity contribution is 0.386. The molecule has 0 bridgehead atoms. The summed E-state index contributed by atoms with van der Waals surface area (Å²) in [5.41, 5.74) is 1.07.